The number of carbonyl (C=O) groups is 4. The number of esters is 1. The van der Waals surface area contributed by atoms with E-state index in [1.807, 2.05) is 0 Å². The summed E-state index contributed by atoms with van der Waals surface area (Å²) in [6.07, 6.45) is 2.89. The lowest BCUT2D eigenvalue weighted by atomic mass is 9.81. The predicted molar refractivity (Wildman–Crippen MR) is 137 cm³/mol. The number of anilines is 2. The lowest BCUT2D eigenvalue weighted by Gasteiger charge is -2.20. The molecule has 11 heteroatoms. The molecular weight excluding hydrogens is 506 g/mol. The van der Waals surface area contributed by atoms with Gasteiger partial charge in [-0.05, 0) is 67.9 Å². The molecule has 2 aromatic rings. The van der Waals surface area contributed by atoms with E-state index in [2.05, 4.69) is 0 Å². The van der Waals surface area contributed by atoms with E-state index >= 15 is 0 Å². The number of rotatable bonds is 6. The Bertz CT molecular complexity index is 1410. The van der Waals surface area contributed by atoms with E-state index in [1.165, 1.54) is 35.1 Å². The summed E-state index contributed by atoms with van der Waals surface area (Å²) in [6, 6.07) is 8.72. The minimum atomic E-state index is -0.756. The first kappa shape index (κ1) is 25.0. The van der Waals surface area contributed by atoms with E-state index in [-0.39, 0.29) is 59.7 Å². The van der Waals surface area contributed by atoms with Crippen LogP contribution in [0, 0.1) is 46.6 Å². The van der Waals surface area contributed by atoms with Gasteiger partial charge in [0.15, 0.2) is 0 Å². The summed E-state index contributed by atoms with van der Waals surface area (Å²) in [7, 11) is 1.35. The first-order valence-electron chi connectivity index (χ1n) is 13.0. The fraction of sp³-hybridized carbons (Fsp3) is 0.429. The minimum Gasteiger partial charge on any atom is -0.494 e. The van der Waals surface area contributed by atoms with Crippen molar-refractivity contribution in [3.8, 4) is 11.5 Å². The molecule has 0 N–H and O–H groups in total. The number of hydrogen-bond acceptors (Lipinski definition) is 8. The number of nitro groups is 1. The molecular formula is C28H27N3O8. The molecule has 0 radical (unpaired) electrons. The van der Waals surface area contributed by atoms with E-state index in [0.29, 0.717) is 28.8 Å². The third kappa shape index (κ3) is 3.95. The molecule has 2 bridgehead atoms. The number of nitro benzene ring substituents is 1. The van der Waals surface area contributed by atoms with Gasteiger partial charge < -0.3 is 14.4 Å². The van der Waals surface area contributed by atoms with Gasteiger partial charge >= 0.3 is 5.97 Å². The number of non-ortho nitro benzene ring substituents is 1. The van der Waals surface area contributed by atoms with Crippen LogP contribution in [0.5, 0.6) is 11.5 Å². The summed E-state index contributed by atoms with van der Waals surface area (Å²) in [5, 5.41) is 11.1. The number of amides is 3. The number of imide groups is 1. The van der Waals surface area contributed by atoms with Crippen LogP contribution in [-0.2, 0) is 19.2 Å². The van der Waals surface area contributed by atoms with Crippen molar-refractivity contribution in [2.45, 2.75) is 32.6 Å². The zero-order chi connectivity index (χ0) is 27.6. The Morgan fingerprint density at radius 3 is 2.28 bits per heavy atom. The van der Waals surface area contributed by atoms with Crippen LogP contribution in [0.4, 0.5) is 17.1 Å². The maximum absolute atomic E-state index is 13.2. The first-order valence-corrected chi connectivity index (χ1v) is 13.0. The molecule has 11 nitrogen and oxygen atoms in total. The Kier molecular flexibility index (Phi) is 5.89. The van der Waals surface area contributed by atoms with Crippen LogP contribution in [0.25, 0.3) is 0 Å². The van der Waals surface area contributed by atoms with Gasteiger partial charge in [0, 0.05) is 19.0 Å². The molecule has 4 aliphatic rings. The van der Waals surface area contributed by atoms with Gasteiger partial charge in [0.25, 0.3) is 5.69 Å². The van der Waals surface area contributed by atoms with E-state index < -0.39 is 16.8 Å². The fourth-order valence-electron chi connectivity index (χ4n) is 6.89. The van der Waals surface area contributed by atoms with Gasteiger partial charge in [-0.15, -0.1) is 0 Å². The zero-order valence-corrected chi connectivity index (χ0v) is 21.5. The number of fused-ring (bicyclic) bond motifs is 5. The topological polar surface area (TPSA) is 136 Å². The van der Waals surface area contributed by atoms with Crippen LogP contribution in [0.3, 0.4) is 0 Å². The van der Waals surface area contributed by atoms with Crippen LogP contribution in [0.2, 0.25) is 0 Å². The molecule has 39 heavy (non-hydrogen) atoms. The van der Waals surface area contributed by atoms with Crippen molar-refractivity contribution in [1.82, 2.24) is 0 Å². The van der Waals surface area contributed by atoms with Gasteiger partial charge in [0.1, 0.15) is 11.5 Å². The molecule has 2 heterocycles. The van der Waals surface area contributed by atoms with Crippen LogP contribution in [0.15, 0.2) is 36.4 Å². The highest BCUT2D eigenvalue weighted by Crippen LogP contribution is 2.56. The quantitative estimate of drug-likeness (QED) is 0.181. The predicted octanol–water partition coefficient (Wildman–Crippen LogP) is 3.41. The number of methoxy groups -OCH3 is 1. The SMILES string of the molecule is COc1cc([N+](=O)[O-])ccc1N1C[C@H](C(=O)Oc2ccc(N3C(=O)[C@@H]4[C@H]5CC[C@@H](C5)[C@H]4C3=O)c(C)c2)CC1=O. The molecule has 202 valence electrons. The van der Waals surface area contributed by atoms with Crippen LogP contribution >= 0.6 is 0 Å². The van der Waals surface area contributed by atoms with Crippen LogP contribution in [-0.4, -0.2) is 42.3 Å². The summed E-state index contributed by atoms with van der Waals surface area (Å²) in [6.45, 7) is 1.79. The average Bonchev–Trinajstić information content (AvgIpc) is 3.68. The molecule has 2 aliphatic heterocycles. The van der Waals surface area contributed by atoms with Gasteiger partial charge in [0.2, 0.25) is 17.7 Å². The first-order chi connectivity index (χ1) is 18.7. The summed E-state index contributed by atoms with van der Waals surface area (Å²) < 4.78 is 10.8. The highest BCUT2D eigenvalue weighted by Gasteiger charge is 2.61. The van der Waals surface area contributed by atoms with E-state index in [4.69, 9.17) is 9.47 Å². The molecule has 2 saturated heterocycles. The van der Waals surface area contributed by atoms with E-state index in [0.717, 1.165) is 19.3 Å². The van der Waals surface area contributed by atoms with Gasteiger partial charge in [-0.3, -0.25) is 29.3 Å². The lowest BCUT2D eigenvalue weighted by molar-refractivity contribution is -0.384. The molecule has 3 amide bonds. The Morgan fingerprint density at radius 2 is 1.67 bits per heavy atom. The molecule has 4 fully saturated rings. The largest absolute Gasteiger partial charge is 0.494 e. The third-order valence-electron chi connectivity index (χ3n) is 8.68. The Balaban J connectivity index is 1.15. The van der Waals surface area contributed by atoms with Crippen molar-refractivity contribution in [2.24, 2.45) is 29.6 Å². The number of ether oxygens (including phenoxy) is 2. The lowest BCUT2D eigenvalue weighted by Crippen LogP contribution is -2.33. The number of hydrogen-bond donors (Lipinski definition) is 0. The normalized spacial score (nSPS) is 27.3. The minimum absolute atomic E-state index is 0.0325. The number of benzene rings is 2. The van der Waals surface area contributed by atoms with E-state index in [9.17, 15) is 29.3 Å². The standard InChI is InChI=1S/C28H27N3O8/c1-14-9-19(6-8-20(14)30-26(33)24-15-3-4-16(10-15)25(24)27(30)34)39-28(35)17-11-23(32)29(13-17)21-7-5-18(31(36)37)12-22(21)38-2/h5-9,12,15-17,24-25H,3-4,10-11,13H2,1-2H3/t15-,16-,17+,24+,25+/m0/s1. The number of carbonyl (C=O) groups excluding carboxylic acids is 4. The summed E-state index contributed by atoms with van der Waals surface area (Å²) in [5.41, 5.74) is 1.30. The van der Waals surface area contributed by atoms with Crippen molar-refractivity contribution < 1.29 is 33.6 Å². The summed E-state index contributed by atoms with van der Waals surface area (Å²) in [5.74, 6) is -1.39. The Hall–Kier alpha value is -4.28. The monoisotopic (exact) mass is 533 g/mol. The number of aryl methyl sites for hydroxylation is 1. The van der Waals surface area contributed by atoms with Gasteiger partial charge in [-0.1, -0.05) is 0 Å². The van der Waals surface area contributed by atoms with Gasteiger partial charge in [0.05, 0.1) is 47.2 Å². The molecule has 5 atom stereocenters. The van der Waals surface area contributed by atoms with Gasteiger partial charge in [-0.25, -0.2) is 4.90 Å². The maximum Gasteiger partial charge on any atom is 0.316 e. The highest BCUT2D eigenvalue weighted by molar-refractivity contribution is 6.23. The molecule has 6 rings (SSSR count). The van der Waals surface area contributed by atoms with Crippen molar-refractivity contribution in [1.29, 1.82) is 0 Å². The molecule has 2 aliphatic carbocycles. The second kappa shape index (κ2) is 9.18. The molecule has 2 aromatic carbocycles. The smallest absolute Gasteiger partial charge is 0.316 e. The fourth-order valence-corrected chi connectivity index (χ4v) is 6.89. The van der Waals surface area contributed by atoms with Crippen LogP contribution in [0.1, 0.15) is 31.2 Å². The maximum atomic E-state index is 13.2. The average molecular weight is 534 g/mol. The van der Waals surface area contributed by atoms with Crippen molar-refractivity contribution in [2.75, 3.05) is 23.5 Å². The second-order valence-electron chi connectivity index (χ2n) is 10.8. The Morgan fingerprint density at radius 1 is 1.00 bits per heavy atom. The van der Waals surface area contributed by atoms with E-state index in [1.54, 1.807) is 25.1 Å². The highest BCUT2D eigenvalue weighted by atomic mass is 16.6. The molecule has 0 aromatic heterocycles. The molecule has 0 spiro atoms. The zero-order valence-electron chi connectivity index (χ0n) is 21.5. The van der Waals surface area contributed by atoms with Crippen LogP contribution < -0.4 is 19.3 Å². The van der Waals surface area contributed by atoms with Gasteiger partial charge in [-0.2, -0.15) is 0 Å². The molecule has 0 unspecified atom stereocenters. The van der Waals surface area contributed by atoms with Crippen molar-refractivity contribution in [3.05, 3.63) is 52.1 Å². The third-order valence-corrected chi connectivity index (χ3v) is 8.68. The Labute approximate surface area is 223 Å². The molecule has 2 saturated carbocycles. The summed E-state index contributed by atoms with van der Waals surface area (Å²) in [4.78, 5) is 65.3. The van der Waals surface area contributed by atoms with Crippen molar-refractivity contribution in [3.63, 3.8) is 0 Å². The van der Waals surface area contributed by atoms with Crippen molar-refractivity contribution >= 4 is 40.8 Å². The number of nitrogens with zero attached hydrogens (tertiary/aromatic N) is 3. The summed E-state index contributed by atoms with van der Waals surface area (Å²) >= 11 is 0. The second-order valence-corrected chi connectivity index (χ2v) is 10.8.